The van der Waals surface area contributed by atoms with Crippen molar-refractivity contribution in [3.8, 4) is 0 Å². The lowest BCUT2D eigenvalue weighted by atomic mass is 10.2. The number of carbonyl (C=O) groups is 1. The Morgan fingerprint density at radius 2 is 1.85 bits per heavy atom. The third-order valence-corrected chi connectivity index (χ3v) is 6.22. The third-order valence-electron chi connectivity index (χ3n) is 3.14. The van der Waals surface area contributed by atoms with Crippen LogP contribution in [0, 0.1) is 0 Å². The summed E-state index contributed by atoms with van der Waals surface area (Å²) in [5, 5.41) is 3.56. The molecule has 114 valence electrons. The maximum absolute atomic E-state index is 12.2. The Labute approximate surface area is 123 Å². The van der Waals surface area contributed by atoms with E-state index in [1.54, 1.807) is 0 Å². The molecule has 20 heavy (non-hydrogen) atoms. The molecule has 0 aliphatic carbocycles. The summed E-state index contributed by atoms with van der Waals surface area (Å²) in [7, 11) is -3.52. The molecule has 1 aromatic rings. The molecule has 1 aromatic heterocycles. The van der Waals surface area contributed by atoms with E-state index in [1.807, 2.05) is 13.8 Å². The predicted molar refractivity (Wildman–Crippen MR) is 83.0 cm³/mol. The molecule has 0 atom stereocenters. The Hall–Kier alpha value is -1.28. The van der Waals surface area contributed by atoms with E-state index in [9.17, 15) is 13.2 Å². The largest absolute Gasteiger partial charge is 0.396 e. The van der Waals surface area contributed by atoms with Gasteiger partial charge in [-0.2, -0.15) is 0 Å². The Morgan fingerprint density at radius 3 is 2.25 bits per heavy atom. The van der Waals surface area contributed by atoms with Gasteiger partial charge in [-0.15, -0.1) is 11.3 Å². The number of thiophene rings is 1. The van der Waals surface area contributed by atoms with Gasteiger partial charge in [0.25, 0.3) is 5.91 Å². The first-order valence-corrected chi connectivity index (χ1v) is 8.96. The van der Waals surface area contributed by atoms with Gasteiger partial charge in [0.2, 0.25) is 0 Å². The molecule has 1 amide bonds. The molecule has 0 bridgehead atoms. The number of rotatable bonds is 7. The van der Waals surface area contributed by atoms with Gasteiger partial charge in [-0.3, -0.25) is 4.79 Å². The SMILES string of the molecule is CCC(CC)Nc1sc(C(N)=O)c(N)c1S(=O)(=O)CC. The van der Waals surface area contributed by atoms with Gasteiger partial charge in [0.15, 0.2) is 9.84 Å². The molecule has 0 saturated heterocycles. The molecule has 6 nitrogen and oxygen atoms in total. The van der Waals surface area contributed by atoms with Crippen LogP contribution in [-0.4, -0.2) is 26.1 Å². The summed E-state index contributed by atoms with van der Waals surface area (Å²) in [6.07, 6.45) is 1.68. The van der Waals surface area contributed by atoms with E-state index in [1.165, 1.54) is 6.92 Å². The smallest absolute Gasteiger partial charge is 0.261 e. The molecule has 1 rings (SSSR count). The third kappa shape index (κ3) is 3.24. The first-order valence-electron chi connectivity index (χ1n) is 6.49. The van der Waals surface area contributed by atoms with Crippen LogP contribution in [0.1, 0.15) is 43.3 Å². The standard InChI is InChI=1S/C12H21N3O3S2/c1-4-7(5-2)15-12-10(20(17,18)6-3)8(13)9(19-12)11(14)16/h7,15H,4-6,13H2,1-3H3,(H2,14,16). The van der Waals surface area contributed by atoms with Crippen molar-refractivity contribution in [2.75, 3.05) is 16.8 Å². The van der Waals surface area contributed by atoms with Gasteiger partial charge in [-0.1, -0.05) is 20.8 Å². The molecule has 1 heterocycles. The molecule has 0 aliphatic heterocycles. The lowest BCUT2D eigenvalue weighted by molar-refractivity contribution is 0.100. The van der Waals surface area contributed by atoms with Gasteiger partial charge in [0.1, 0.15) is 14.8 Å². The number of hydrogen-bond acceptors (Lipinski definition) is 6. The van der Waals surface area contributed by atoms with Crippen LogP contribution < -0.4 is 16.8 Å². The Balaban J connectivity index is 3.42. The zero-order valence-electron chi connectivity index (χ0n) is 11.9. The fraction of sp³-hybridized carbons (Fsp3) is 0.583. The van der Waals surface area contributed by atoms with E-state index >= 15 is 0 Å². The average molecular weight is 319 g/mol. The minimum absolute atomic E-state index is 0.00528. The van der Waals surface area contributed by atoms with Crippen molar-refractivity contribution in [3.63, 3.8) is 0 Å². The molecule has 0 aromatic carbocycles. The van der Waals surface area contributed by atoms with Crippen LogP contribution in [0.3, 0.4) is 0 Å². The van der Waals surface area contributed by atoms with Crippen LogP contribution in [0.2, 0.25) is 0 Å². The van der Waals surface area contributed by atoms with Gasteiger partial charge in [-0.05, 0) is 12.8 Å². The van der Waals surface area contributed by atoms with E-state index < -0.39 is 15.7 Å². The average Bonchev–Trinajstić information content (AvgIpc) is 2.73. The number of nitrogen functional groups attached to an aromatic ring is 1. The highest BCUT2D eigenvalue weighted by molar-refractivity contribution is 7.91. The molecule has 8 heteroatoms. The molecule has 0 radical (unpaired) electrons. The van der Waals surface area contributed by atoms with E-state index in [2.05, 4.69) is 5.32 Å². The van der Waals surface area contributed by atoms with Crippen molar-refractivity contribution in [1.82, 2.24) is 0 Å². The number of sulfone groups is 1. The molecule has 5 N–H and O–H groups in total. The van der Waals surface area contributed by atoms with Crippen LogP contribution in [0.15, 0.2) is 4.90 Å². The first-order chi connectivity index (χ1) is 9.28. The van der Waals surface area contributed by atoms with Crippen LogP contribution in [0.5, 0.6) is 0 Å². The van der Waals surface area contributed by atoms with Crippen molar-refractivity contribution in [2.24, 2.45) is 5.73 Å². The number of primary amides is 1. The van der Waals surface area contributed by atoms with Crippen molar-refractivity contribution >= 4 is 37.8 Å². The first kappa shape index (κ1) is 16.8. The Kier molecular flexibility index (Phi) is 5.41. The van der Waals surface area contributed by atoms with Gasteiger partial charge in [-0.25, -0.2) is 8.42 Å². The van der Waals surface area contributed by atoms with Crippen molar-refractivity contribution in [1.29, 1.82) is 0 Å². The summed E-state index contributed by atoms with van der Waals surface area (Å²) in [6, 6.07) is 0.125. The van der Waals surface area contributed by atoms with E-state index in [4.69, 9.17) is 11.5 Å². The predicted octanol–water partition coefficient (Wildman–Crippen LogP) is 1.82. The topological polar surface area (TPSA) is 115 Å². The highest BCUT2D eigenvalue weighted by atomic mass is 32.2. The number of hydrogen-bond donors (Lipinski definition) is 3. The fourth-order valence-corrected chi connectivity index (χ4v) is 4.42. The fourth-order valence-electron chi connectivity index (χ4n) is 1.84. The molecular formula is C12H21N3O3S2. The zero-order chi connectivity index (χ0) is 15.5. The maximum Gasteiger partial charge on any atom is 0.261 e. The molecule has 0 fully saturated rings. The van der Waals surface area contributed by atoms with Crippen LogP contribution in [0.4, 0.5) is 10.7 Å². The van der Waals surface area contributed by atoms with Crippen molar-refractivity contribution in [3.05, 3.63) is 4.88 Å². The van der Waals surface area contributed by atoms with Crippen molar-refractivity contribution < 1.29 is 13.2 Å². The second-order valence-corrected chi connectivity index (χ2v) is 7.66. The number of nitrogens with one attached hydrogen (secondary N) is 1. The lowest BCUT2D eigenvalue weighted by Crippen LogP contribution is -2.18. The molecule has 0 spiro atoms. The van der Waals surface area contributed by atoms with Crippen LogP contribution in [-0.2, 0) is 9.84 Å². The summed E-state index contributed by atoms with van der Waals surface area (Å²) in [6.45, 7) is 5.54. The van der Waals surface area contributed by atoms with Gasteiger partial charge in [0.05, 0.1) is 11.4 Å². The number of carbonyl (C=O) groups excluding carboxylic acids is 1. The van der Waals surface area contributed by atoms with Crippen LogP contribution >= 0.6 is 11.3 Å². The van der Waals surface area contributed by atoms with Crippen LogP contribution in [0.25, 0.3) is 0 Å². The van der Waals surface area contributed by atoms with Crippen molar-refractivity contribution in [2.45, 2.75) is 44.6 Å². The second-order valence-electron chi connectivity index (χ2n) is 4.43. The quantitative estimate of drug-likeness (QED) is 0.709. The highest BCUT2D eigenvalue weighted by Gasteiger charge is 2.28. The molecule has 0 aliphatic rings. The summed E-state index contributed by atoms with van der Waals surface area (Å²) >= 11 is 1.01. The van der Waals surface area contributed by atoms with E-state index in [0.29, 0.717) is 5.00 Å². The summed E-state index contributed by atoms with van der Waals surface area (Å²) in [5.41, 5.74) is 11.0. The summed E-state index contributed by atoms with van der Waals surface area (Å²) in [5.74, 6) is -0.790. The summed E-state index contributed by atoms with van der Waals surface area (Å²) < 4.78 is 24.3. The second kappa shape index (κ2) is 6.45. The Bertz CT molecular complexity index is 589. The van der Waals surface area contributed by atoms with Gasteiger partial charge < -0.3 is 16.8 Å². The minimum Gasteiger partial charge on any atom is -0.396 e. The highest BCUT2D eigenvalue weighted by Crippen LogP contribution is 2.40. The monoisotopic (exact) mass is 319 g/mol. The lowest BCUT2D eigenvalue weighted by Gasteiger charge is -2.16. The van der Waals surface area contributed by atoms with E-state index in [0.717, 1.165) is 24.2 Å². The minimum atomic E-state index is -3.52. The number of nitrogens with two attached hydrogens (primary N) is 2. The molecular weight excluding hydrogens is 298 g/mol. The maximum atomic E-state index is 12.2. The van der Waals surface area contributed by atoms with E-state index in [-0.39, 0.29) is 27.3 Å². The van der Waals surface area contributed by atoms with Gasteiger partial charge >= 0.3 is 0 Å². The molecule has 0 unspecified atom stereocenters. The normalized spacial score (nSPS) is 11.8. The molecule has 0 saturated carbocycles. The zero-order valence-corrected chi connectivity index (χ0v) is 13.5. The number of amides is 1. The summed E-state index contributed by atoms with van der Waals surface area (Å²) in [4.78, 5) is 11.5. The number of anilines is 2. The Morgan fingerprint density at radius 1 is 1.30 bits per heavy atom. The van der Waals surface area contributed by atoms with Gasteiger partial charge in [0, 0.05) is 6.04 Å².